The number of carbonyl (C=O) groups excluding carboxylic acids is 1. The van der Waals surface area contributed by atoms with Gasteiger partial charge in [0, 0.05) is 11.5 Å². The first-order valence-corrected chi connectivity index (χ1v) is 15.9. The van der Waals surface area contributed by atoms with E-state index in [9.17, 15) is 25.2 Å². The van der Waals surface area contributed by atoms with Gasteiger partial charge in [0.15, 0.2) is 5.78 Å². The lowest BCUT2D eigenvalue weighted by Crippen LogP contribution is -2.38. The summed E-state index contributed by atoms with van der Waals surface area (Å²) >= 11 is 0. The molecule has 5 heteroatoms. The molecule has 0 aromatic rings. The first-order valence-electron chi connectivity index (χ1n) is 15.9. The lowest BCUT2D eigenvalue weighted by molar-refractivity contribution is -0.127. The molecule has 1 saturated carbocycles. The summed E-state index contributed by atoms with van der Waals surface area (Å²) in [6.07, 6.45) is 24.5. The zero-order valence-corrected chi connectivity index (χ0v) is 29.1. The molecular formula is C40H56O5. The average molecular weight is 617 g/mol. The Bertz CT molecular complexity index is 1400. The fraction of sp³-hybridized carbons (Fsp3) is 0.475. The minimum Gasteiger partial charge on any atom is -0.508 e. The highest BCUT2D eigenvalue weighted by Crippen LogP contribution is 2.53. The Morgan fingerprint density at radius 1 is 0.733 bits per heavy atom. The highest BCUT2D eigenvalue weighted by Gasteiger charge is 2.53. The van der Waals surface area contributed by atoms with Gasteiger partial charge in [-0.3, -0.25) is 4.79 Å². The number of hydrogen-bond donors (Lipinski definition) is 4. The van der Waals surface area contributed by atoms with Crippen molar-refractivity contribution in [2.45, 2.75) is 107 Å². The molecule has 0 bridgehead atoms. The Kier molecular flexibility index (Phi) is 13.4. The molecule has 5 nitrogen and oxygen atoms in total. The van der Waals surface area contributed by atoms with Crippen LogP contribution in [0.5, 0.6) is 0 Å². The molecule has 0 amide bonds. The zero-order chi connectivity index (χ0) is 34.2. The Hall–Kier alpha value is -3.25. The van der Waals surface area contributed by atoms with Crippen LogP contribution in [-0.4, -0.2) is 44.5 Å². The maximum absolute atomic E-state index is 13.0. The normalized spacial score (nSPS) is 28.9. The quantitative estimate of drug-likeness (QED) is 0.106. The third-order valence-corrected chi connectivity index (χ3v) is 9.55. The first kappa shape index (κ1) is 37.9. The molecule has 246 valence electrons. The Morgan fingerprint density at radius 3 is 1.78 bits per heavy atom. The summed E-state index contributed by atoms with van der Waals surface area (Å²) in [5, 5.41) is 41.0. The third-order valence-electron chi connectivity index (χ3n) is 9.55. The van der Waals surface area contributed by atoms with Crippen molar-refractivity contribution in [1.29, 1.82) is 0 Å². The van der Waals surface area contributed by atoms with E-state index in [0.29, 0.717) is 24.8 Å². The lowest BCUT2D eigenvalue weighted by atomic mass is 9.66. The molecule has 0 saturated heterocycles. The number of allylic oxidation sites excluding steroid dienone is 18. The van der Waals surface area contributed by atoms with Crippen molar-refractivity contribution < 1.29 is 25.2 Å². The molecule has 4 N–H and O–H groups in total. The number of aliphatic hydroxyl groups excluding tert-OH is 4. The van der Waals surface area contributed by atoms with Crippen LogP contribution < -0.4 is 0 Å². The molecule has 0 unspecified atom stereocenters. The molecule has 0 radical (unpaired) electrons. The number of aliphatic hydroxyl groups is 4. The van der Waals surface area contributed by atoms with E-state index in [1.165, 1.54) is 6.08 Å². The number of carbonyl (C=O) groups is 1. The number of rotatable bonds is 11. The average Bonchev–Trinajstić information content (AvgIpc) is 3.15. The molecule has 2 aliphatic rings. The molecule has 2 rings (SSSR count). The summed E-state index contributed by atoms with van der Waals surface area (Å²) in [5.74, 6) is -0.211. The van der Waals surface area contributed by atoms with Gasteiger partial charge in [0.25, 0.3) is 0 Å². The van der Waals surface area contributed by atoms with Crippen molar-refractivity contribution in [3.8, 4) is 0 Å². The monoisotopic (exact) mass is 616 g/mol. The van der Waals surface area contributed by atoms with E-state index in [4.69, 9.17) is 0 Å². The summed E-state index contributed by atoms with van der Waals surface area (Å²) in [5.41, 5.74) is 4.47. The van der Waals surface area contributed by atoms with Gasteiger partial charge in [-0.05, 0) is 81.4 Å². The Labute approximate surface area is 271 Å². The van der Waals surface area contributed by atoms with Crippen LogP contribution in [0.3, 0.4) is 0 Å². The molecule has 0 aromatic heterocycles. The number of ketones is 1. The summed E-state index contributed by atoms with van der Waals surface area (Å²) in [6.45, 7) is 19.8. The Balaban J connectivity index is 1.95. The third kappa shape index (κ3) is 10.4. The van der Waals surface area contributed by atoms with E-state index in [1.807, 2.05) is 109 Å². The highest BCUT2D eigenvalue weighted by atomic mass is 16.3. The molecule has 2 aliphatic carbocycles. The van der Waals surface area contributed by atoms with E-state index < -0.39 is 23.7 Å². The largest absolute Gasteiger partial charge is 0.508 e. The van der Waals surface area contributed by atoms with Crippen LogP contribution in [0.15, 0.2) is 118 Å². The zero-order valence-electron chi connectivity index (χ0n) is 29.1. The molecule has 4 atom stereocenters. The van der Waals surface area contributed by atoms with Crippen molar-refractivity contribution >= 4 is 5.78 Å². The predicted molar refractivity (Wildman–Crippen MR) is 188 cm³/mol. The van der Waals surface area contributed by atoms with E-state index in [0.717, 1.165) is 27.9 Å². The van der Waals surface area contributed by atoms with Gasteiger partial charge in [0.05, 0.1) is 12.2 Å². The van der Waals surface area contributed by atoms with Crippen molar-refractivity contribution in [1.82, 2.24) is 0 Å². The van der Waals surface area contributed by atoms with E-state index in [2.05, 4.69) is 19.9 Å². The SMILES string of the molecule is CC1=C(/C=C/C(C)=C/C=C\C(C)=C\C=C\C=C(C)\C=C\C=C(C)\C(O)=C\C(=O)[C@]2(C)C[C@@H](O)CC2(C)C)C(C)(C)C[C@H](O)[C@@H]1O. The summed E-state index contributed by atoms with van der Waals surface area (Å²) in [4.78, 5) is 13.0. The minimum atomic E-state index is -0.811. The van der Waals surface area contributed by atoms with Gasteiger partial charge in [-0.25, -0.2) is 0 Å². The number of hydrogen-bond acceptors (Lipinski definition) is 5. The first-order chi connectivity index (χ1) is 20.8. The smallest absolute Gasteiger partial charge is 0.165 e. The van der Waals surface area contributed by atoms with Gasteiger partial charge in [-0.2, -0.15) is 0 Å². The van der Waals surface area contributed by atoms with Crippen LogP contribution in [0, 0.1) is 16.2 Å². The van der Waals surface area contributed by atoms with Crippen molar-refractivity contribution in [2.75, 3.05) is 0 Å². The second-order valence-electron chi connectivity index (χ2n) is 14.4. The predicted octanol–water partition coefficient (Wildman–Crippen LogP) is 8.66. The maximum atomic E-state index is 13.0. The van der Waals surface area contributed by atoms with Gasteiger partial charge in [-0.1, -0.05) is 124 Å². The van der Waals surface area contributed by atoms with Crippen LogP contribution >= 0.6 is 0 Å². The van der Waals surface area contributed by atoms with Crippen LogP contribution in [0.4, 0.5) is 0 Å². The molecule has 1 fully saturated rings. The summed E-state index contributed by atoms with van der Waals surface area (Å²) < 4.78 is 0. The van der Waals surface area contributed by atoms with Gasteiger partial charge in [0.1, 0.15) is 11.9 Å². The van der Waals surface area contributed by atoms with E-state index in [1.54, 1.807) is 13.0 Å². The second kappa shape index (κ2) is 15.8. The molecule has 0 aliphatic heterocycles. The minimum absolute atomic E-state index is 0.0550. The van der Waals surface area contributed by atoms with Crippen LogP contribution in [-0.2, 0) is 4.79 Å². The molecule has 0 aromatic carbocycles. The van der Waals surface area contributed by atoms with E-state index >= 15 is 0 Å². The fourth-order valence-electron chi connectivity index (χ4n) is 6.13. The standard InChI is InChI=1S/C40H56O5/c1-27(17-13-18-29(3)21-22-33-31(5)37(45)35(43)26-38(33,6)7)15-11-12-16-28(2)19-14-20-30(4)34(42)23-36(44)40(10)25-32(41)24-39(40,8)9/h11-23,32,35,37,41-43,45H,24-26H2,1-10H3/b12-11+,17-13-,19-14+,22-21+,27-15+,28-16+,29-18+,30-20+,34-23-/t32-,35-,37+,40-/m0/s1. The summed E-state index contributed by atoms with van der Waals surface area (Å²) in [7, 11) is 0. The topological polar surface area (TPSA) is 98.0 Å². The molecule has 0 heterocycles. The molecular weight excluding hydrogens is 560 g/mol. The molecule has 45 heavy (non-hydrogen) atoms. The van der Waals surface area contributed by atoms with Gasteiger partial charge < -0.3 is 20.4 Å². The second-order valence-corrected chi connectivity index (χ2v) is 14.4. The maximum Gasteiger partial charge on any atom is 0.165 e. The van der Waals surface area contributed by atoms with Crippen molar-refractivity contribution in [3.63, 3.8) is 0 Å². The van der Waals surface area contributed by atoms with Crippen molar-refractivity contribution in [2.24, 2.45) is 16.2 Å². The fourth-order valence-corrected chi connectivity index (χ4v) is 6.13. The highest BCUT2D eigenvalue weighted by molar-refractivity contribution is 5.96. The summed E-state index contributed by atoms with van der Waals surface area (Å²) in [6, 6.07) is 0. The van der Waals surface area contributed by atoms with Gasteiger partial charge >= 0.3 is 0 Å². The van der Waals surface area contributed by atoms with Crippen LogP contribution in [0.25, 0.3) is 0 Å². The Morgan fingerprint density at radius 2 is 1.24 bits per heavy atom. The van der Waals surface area contributed by atoms with Crippen molar-refractivity contribution in [3.05, 3.63) is 118 Å². The van der Waals surface area contributed by atoms with Gasteiger partial charge in [-0.15, -0.1) is 0 Å². The van der Waals surface area contributed by atoms with E-state index in [-0.39, 0.29) is 22.4 Å². The van der Waals surface area contributed by atoms with Gasteiger partial charge in [0.2, 0.25) is 0 Å². The molecule has 0 spiro atoms. The lowest BCUT2D eigenvalue weighted by Gasteiger charge is -2.38. The van der Waals surface area contributed by atoms with Crippen LogP contribution in [0.1, 0.15) is 88.5 Å². The van der Waals surface area contributed by atoms with Crippen LogP contribution in [0.2, 0.25) is 0 Å².